The number of hydrogen-bond donors (Lipinski definition) is 2. The summed E-state index contributed by atoms with van der Waals surface area (Å²) >= 11 is 0. The van der Waals surface area contributed by atoms with Crippen molar-refractivity contribution in [1.29, 1.82) is 0 Å². The van der Waals surface area contributed by atoms with Gasteiger partial charge in [-0.1, -0.05) is 26.8 Å². The molecule has 1 rings (SSSR count). The number of rotatable bonds is 5. The summed E-state index contributed by atoms with van der Waals surface area (Å²) in [7, 11) is 3.34. The monoisotopic (exact) mass is 327 g/mol. The molecule has 0 bridgehead atoms. The van der Waals surface area contributed by atoms with Crippen LogP contribution in [-0.4, -0.2) is 32.8 Å². The van der Waals surface area contributed by atoms with Gasteiger partial charge in [-0.15, -0.1) is 0 Å². The summed E-state index contributed by atoms with van der Waals surface area (Å²) in [6.45, 7) is 8.75. The molecule has 1 aromatic carbocycles. The van der Waals surface area contributed by atoms with Gasteiger partial charge in [0.2, 0.25) is 0 Å². The fourth-order valence-electron chi connectivity index (χ4n) is 2.20. The van der Waals surface area contributed by atoms with Crippen molar-refractivity contribution in [2.24, 2.45) is 10.4 Å². The van der Waals surface area contributed by atoms with Gasteiger partial charge < -0.3 is 15.4 Å². The number of nitrogens with zero attached hydrogens (tertiary/aromatic N) is 1. The maximum atomic E-state index is 13.3. The third kappa shape index (κ3) is 5.78. The van der Waals surface area contributed by atoms with Crippen molar-refractivity contribution in [3.8, 4) is 0 Å². The van der Waals surface area contributed by atoms with Crippen LogP contribution in [0.2, 0.25) is 0 Å². The summed E-state index contributed by atoms with van der Waals surface area (Å²) in [5.41, 5.74) is 0.637. The van der Waals surface area contributed by atoms with E-state index in [0.29, 0.717) is 18.1 Å². The Morgan fingerprint density at radius 3 is 2.39 bits per heavy atom. The van der Waals surface area contributed by atoms with Crippen molar-refractivity contribution in [3.05, 3.63) is 35.4 Å². The molecule has 0 fully saturated rings. The first kappa shape index (κ1) is 19.4. The van der Waals surface area contributed by atoms with Gasteiger partial charge in [0.05, 0.1) is 12.1 Å². The SMILES string of the molecule is CN=C(NCC(OC)C(C)(C)C)NC(C)c1ccc(F)c(F)c1. The summed E-state index contributed by atoms with van der Waals surface area (Å²) in [5.74, 6) is -1.13. The van der Waals surface area contributed by atoms with Crippen LogP contribution in [0.1, 0.15) is 39.3 Å². The zero-order valence-corrected chi connectivity index (χ0v) is 14.7. The normalized spacial score (nSPS) is 15.2. The molecule has 0 heterocycles. The lowest BCUT2D eigenvalue weighted by molar-refractivity contribution is 0.0205. The highest BCUT2D eigenvalue weighted by molar-refractivity contribution is 5.80. The van der Waals surface area contributed by atoms with E-state index >= 15 is 0 Å². The Morgan fingerprint density at radius 1 is 1.26 bits per heavy atom. The van der Waals surface area contributed by atoms with Crippen molar-refractivity contribution in [2.75, 3.05) is 20.7 Å². The lowest BCUT2D eigenvalue weighted by atomic mass is 9.89. The molecule has 130 valence electrons. The van der Waals surface area contributed by atoms with Crippen LogP contribution < -0.4 is 10.6 Å². The second-order valence-electron chi connectivity index (χ2n) is 6.58. The van der Waals surface area contributed by atoms with Gasteiger partial charge in [-0.05, 0) is 30.0 Å². The highest BCUT2D eigenvalue weighted by Gasteiger charge is 2.24. The molecule has 0 saturated heterocycles. The summed E-state index contributed by atoms with van der Waals surface area (Å²) in [4.78, 5) is 4.15. The Labute approximate surface area is 137 Å². The third-order valence-corrected chi connectivity index (χ3v) is 3.73. The Kier molecular flexibility index (Phi) is 6.94. The molecule has 0 aliphatic heterocycles. The van der Waals surface area contributed by atoms with Crippen LogP contribution in [0.25, 0.3) is 0 Å². The molecule has 2 atom stereocenters. The van der Waals surface area contributed by atoms with Crippen molar-refractivity contribution in [3.63, 3.8) is 0 Å². The smallest absolute Gasteiger partial charge is 0.191 e. The van der Waals surface area contributed by atoms with Gasteiger partial charge in [0.25, 0.3) is 0 Å². The second-order valence-corrected chi connectivity index (χ2v) is 6.58. The van der Waals surface area contributed by atoms with Crippen LogP contribution in [0.15, 0.2) is 23.2 Å². The Bertz CT molecular complexity index is 541. The van der Waals surface area contributed by atoms with E-state index in [1.54, 1.807) is 20.2 Å². The minimum Gasteiger partial charge on any atom is -0.379 e. The molecular weight excluding hydrogens is 300 g/mol. The number of aliphatic imine (C=N–C) groups is 1. The van der Waals surface area contributed by atoms with Gasteiger partial charge in [-0.2, -0.15) is 0 Å². The van der Waals surface area contributed by atoms with E-state index in [1.165, 1.54) is 6.07 Å². The Hall–Kier alpha value is -1.69. The molecule has 0 amide bonds. The first-order valence-corrected chi connectivity index (χ1v) is 7.64. The predicted octanol–water partition coefficient (Wildman–Crippen LogP) is 3.25. The summed E-state index contributed by atoms with van der Waals surface area (Å²) in [5, 5.41) is 6.35. The van der Waals surface area contributed by atoms with E-state index in [4.69, 9.17) is 4.74 Å². The summed E-state index contributed by atoms with van der Waals surface area (Å²) in [6, 6.07) is 3.65. The van der Waals surface area contributed by atoms with Crippen LogP contribution >= 0.6 is 0 Å². The number of halogens is 2. The summed E-state index contributed by atoms with van der Waals surface area (Å²) < 4.78 is 31.8. The molecule has 1 aromatic rings. The Morgan fingerprint density at radius 2 is 1.91 bits per heavy atom. The average Bonchev–Trinajstić information content (AvgIpc) is 2.47. The number of hydrogen-bond acceptors (Lipinski definition) is 2. The molecule has 6 heteroatoms. The van der Waals surface area contributed by atoms with Gasteiger partial charge in [0.15, 0.2) is 17.6 Å². The van der Waals surface area contributed by atoms with E-state index in [2.05, 4.69) is 36.4 Å². The first-order valence-electron chi connectivity index (χ1n) is 7.64. The highest BCUT2D eigenvalue weighted by atomic mass is 19.2. The predicted molar refractivity (Wildman–Crippen MR) is 89.5 cm³/mol. The van der Waals surface area contributed by atoms with Crippen LogP contribution in [0.3, 0.4) is 0 Å². The fourth-order valence-corrected chi connectivity index (χ4v) is 2.20. The maximum Gasteiger partial charge on any atom is 0.191 e. The van der Waals surface area contributed by atoms with E-state index in [0.717, 1.165) is 6.07 Å². The molecule has 0 saturated carbocycles. The van der Waals surface area contributed by atoms with Crippen LogP contribution in [0.5, 0.6) is 0 Å². The molecule has 0 aliphatic rings. The number of benzene rings is 1. The van der Waals surface area contributed by atoms with E-state index in [9.17, 15) is 8.78 Å². The molecule has 2 N–H and O–H groups in total. The standard InChI is InChI=1S/C17H27F2N3O/c1-11(12-7-8-13(18)14(19)9-12)22-16(20-5)21-10-15(23-6)17(2,3)4/h7-9,11,15H,10H2,1-6H3,(H2,20,21,22). The minimum atomic E-state index is -0.855. The van der Waals surface area contributed by atoms with Crippen molar-refractivity contribution in [1.82, 2.24) is 10.6 Å². The molecule has 0 radical (unpaired) electrons. The van der Waals surface area contributed by atoms with Crippen LogP contribution in [0.4, 0.5) is 8.78 Å². The van der Waals surface area contributed by atoms with Gasteiger partial charge in [-0.3, -0.25) is 4.99 Å². The molecule has 0 spiro atoms. The topological polar surface area (TPSA) is 45.7 Å². The molecule has 0 aliphatic carbocycles. The van der Waals surface area contributed by atoms with E-state index in [1.807, 2.05) is 6.92 Å². The zero-order chi connectivity index (χ0) is 17.6. The van der Waals surface area contributed by atoms with Gasteiger partial charge >= 0.3 is 0 Å². The fraction of sp³-hybridized carbons (Fsp3) is 0.588. The lowest BCUT2D eigenvalue weighted by Crippen LogP contribution is -2.45. The quantitative estimate of drug-likeness (QED) is 0.644. The van der Waals surface area contributed by atoms with Gasteiger partial charge in [-0.25, -0.2) is 8.78 Å². The van der Waals surface area contributed by atoms with E-state index in [-0.39, 0.29) is 17.6 Å². The number of nitrogens with one attached hydrogen (secondary N) is 2. The van der Waals surface area contributed by atoms with Crippen molar-refractivity contribution < 1.29 is 13.5 Å². The van der Waals surface area contributed by atoms with Gasteiger partial charge in [0.1, 0.15) is 0 Å². The average molecular weight is 327 g/mol. The molecule has 0 aromatic heterocycles. The first-order chi connectivity index (χ1) is 10.7. The van der Waals surface area contributed by atoms with E-state index < -0.39 is 11.6 Å². The largest absolute Gasteiger partial charge is 0.379 e. The molecule has 23 heavy (non-hydrogen) atoms. The van der Waals surface area contributed by atoms with Crippen LogP contribution in [-0.2, 0) is 4.74 Å². The van der Waals surface area contributed by atoms with Crippen molar-refractivity contribution >= 4 is 5.96 Å². The highest BCUT2D eigenvalue weighted by Crippen LogP contribution is 2.21. The maximum absolute atomic E-state index is 13.3. The van der Waals surface area contributed by atoms with Crippen LogP contribution in [0, 0.1) is 17.0 Å². The summed E-state index contributed by atoms with van der Waals surface area (Å²) in [6.07, 6.45) is 0.0135. The number of methoxy groups -OCH3 is 1. The number of guanidine groups is 1. The van der Waals surface area contributed by atoms with Crippen molar-refractivity contribution in [2.45, 2.75) is 39.8 Å². The molecule has 2 unspecified atom stereocenters. The molecule has 4 nitrogen and oxygen atoms in total. The molecular formula is C17H27F2N3O. The minimum absolute atomic E-state index is 0.00764. The third-order valence-electron chi connectivity index (χ3n) is 3.73. The zero-order valence-electron chi connectivity index (χ0n) is 14.7. The Balaban J connectivity index is 2.67. The lowest BCUT2D eigenvalue weighted by Gasteiger charge is -2.30. The second kappa shape index (κ2) is 8.24. The van der Waals surface area contributed by atoms with Gasteiger partial charge in [0, 0.05) is 20.7 Å². The number of ether oxygens (including phenoxy) is 1.